The number of anilines is 1. The third-order valence-corrected chi connectivity index (χ3v) is 10.9. The normalized spacial score (nSPS) is 19.3. The highest BCUT2D eigenvalue weighted by Gasteiger charge is 2.29. The molecule has 10 heteroatoms. The summed E-state index contributed by atoms with van der Waals surface area (Å²) in [6.07, 6.45) is 5.16. The van der Waals surface area contributed by atoms with Crippen molar-refractivity contribution in [2.45, 2.75) is 43.9 Å². The molecule has 3 aliphatic rings. The van der Waals surface area contributed by atoms with E-state index in [1.807, 2.05) is 83.8 Å². The number of hydrogen-bond donors (Lipinski definition) is 2. The van der Waals surface area contributed by atoms with Gasteiger partial charge in [-0.1, -0.05) is 72.8 Å². The van der Waals surface area contributed by atoms with Gasteiger partial charge in [-0.3, -0.25) is 34.4 Å². The molecule has 52 heavy (non-hydrogen) atoms. The van der Waals surface area contributed by atoms with Crippen LogP contribution in [-0.4, -0.2) is 84.2 Å². The number of nitrogens with zero attached hydrogens (tertiary/aromatic N) is 4. The Morgan fingerprint density at radius 2 is 1.48 bits per heavy atom. The quantitative estimate of drug-likeness (QED) is 0.234. The first-order valence-electron chi connectivity index (χ1n) is 18.4. The third kappa shape index (κ3) is 8.23. The first-order valence-corrected chi connectivity index (χ1v) is 18.4. The van der Waals surface area contributed by atoms with Crippen molar-refractivity contribution in [1.29, 1.82) is 0 Å². The zero-order chi connectivity index (χ0) is 36.0. The maximum Gasteiger partial charge on any atom is 0.234 e. The van der Waals surface area contributed by atoms with E-state index in [0.717, 1.165) is 86.5 Å². The van der Waals surface area contributed by atoms with E-state index in [1.165, 1.54) is 5.69 Å². The van der Waals surface area contributed by atoms with Crippen LogP contribution in [0.15, 0.2) is 97.2 Å². The van der Waals surface area contributed by atoms with E-state index in [4.69, 9.17) is 5.73 Å². The molecule has 3 saturated heterocycles. The lowest BCUT2D eigenvalue weighted by Crippen LogP contribution is -2.49. The molecular weight excluding hydrogens is 652 g/mol. The number of pyridine rings is 1. The molecule has 3 aliphatic heterocycles. The molecule has 2 atom stereocenters. The fourth-order valence-corrected chi connectivity index (χ4v) is 7.82. The average molecular weight is 699 g/mol. The van der Waals surface area contributed by atoms with Crippen molar-refractivity contribution in [1.82, 2.24) is 20.1 Å². The van der Waals surface area contributed by atoms with Gasteiger partial charge in [0.25, 0.3) is 0 Å². The van der Waals surface area contributed by atoms with Gasteiger partial charge in [-0.25, -0.2) is 0 Å². The van der Waals surface area contributed by atoms with E-state index in [1.54, 1.807) is 6.20 Å². The summed E-state index contributed by atoms with van der Waals surface area (Å²) in [6.45, 7) is 6.59. The monoisotopic (exact) mass is 698 g/mol. The topological polar surface area (TPSA) is 129 Å². The van der Waals surface area contributed by atoms with Gasteiger partial charge in [-0.05, 0) is 65.6 Å². The Hall–Kier alpha value is -5.35. The van der Waals surface area contributed by atoms with Crippen LogP contribution in [0.25, 0.3) is 11.1 Å². The lowest BCUT2D eigenvalue weighted by atomic mass is 9.90. The van der Waals surface area contributed by atoms with Gasteiger partial charge in [-0.2, -0.15) is 0 Å². The highest BCUT2D eigenvalue weighted by molar-refractivity contribution is 6.01. The number of benzene rings is 3. The number of carbonyl (C=O) groups excluding carboxylic acids is 4. The molecular formula is C42H46N6O4. The third-order valence-electron chi connectivity index (χ3n) is 10.9. The molecule has 0 aliphatic carbocycles. The fourth-order valence-electron chi connectivity index (χ4n) is 7.82. The van der Waals surface area contributed by atoms with Crippen molar-refractivity contribution < 1.29 is 19.2 Å². The van der Waals surface area contributed by atoms with Crippen molar-refractivity contribution in [3.8, 4) is 11.1 Å². The van der Waals surface area contributed by atoms with Crippen LogP contribution in [0.3, 0.4) is 0 Å². The van der Waals surface area contributed by atoms with Gasteiger partial charge in [0.1, 0.15) is 5.92 Å². The molecule has 4 heterocycles. The van der Waals surface area contributed by atoms with Crippen LogP contribution in [-0.2, 0) is 25.6 Å². The number of carbonyl (C=O) groups is 4. The van der Waals surface area contributed by atoms with E-state index in [9.17, 15) is 19.2 Å². The van der Waals surface area contributed by atoms with E-state index in [0.29, 0.717) is 30.9 Å². The second kappa shape index (κ2) is 15.9. The molecule has 4 amide bonds. The Morgan fingerprint density at radius 3 is 2.12 bits per heavy atom. The average Bonchev–Trinajstić information content (AvgIpc) is 3.17. The molecule has 1 aromatic heterocycles. The second-order valence-corrected chi connectivity index (χ2v) is 14.3. The van der Waals surface area contributed by atoms with Crippen molar-refractivity contribution in [3.05, 3.63) is 120 Å². The number of nitrogens with one attached hydrogen (secondary N) is 1. The minimum absolute atomic E-state index is 0.174. The van der Waals surface area contributed by atoms with Crippen LogP contribution in [0.4, 0.5) is 5.69 Å². The van der Waals surface area contributed by atoms with Gasteiger partial charge in [0.15, 0.2) is 0 Å². The number of likely N-dealkylation sites (tertiary alicyclic amines) is 1. The lowest BCUT2D eigenvalue weighted by Gasteiger charge is -2.39. The first-order chi connectivity index (χ1) is 25.3. The highest BCUT2D eigenvalue weighted by Crippen LogP contribution is 2.29. The summed E-state index contributed by atoms with van der Waals surface area (Å²) in [4.78, 5) is 60.8. The standard InChI is InChI=1S/C42H46N6O4/c43-41(51)40(33-4-2-1-3-5-33)37-16-12-34(27-44-37)31-8-6-29(7-9-31)26-39(50)48-20-18-30(19-21-48)28-46-22-24-47(25-23-46)35-13-10-32(11-14-35)36-15-17-38(49)45-42(36)52/h1-14,16,27,30,36,40H,15,17-26,28H2,(H2,43,51)(H,45,49,52). The fraction of sp³-hybridized carbons (Fsp3) is 0.357. The van der Waals surface area contributed by atoms with Crippen LogP contribution < -0.4 is 16.0 Å². The summed E-state index contributed by atoms with van der Waals surface area (Å²) in [7, 11) is 0. The zero-order valence-corrected chi connectivity index (χ0v) is 29.5. The van der Waals surface area contributed by atoms with Crippen LogP contribution >= 0.6 is 0 Å². The van der Waals surface area contributed by atoms with Crippen LogP contribution in [0.1, 0.15) is 59.9 Å². The molecule has 2 unspecified atom stereocenters. The van der Waals surface area contributed by atoms with E-state index >= 15 is 0 Å². The predicted molar refractivity (Wildman–Crippen MR) is 200 cm³/mol. The Kier molecular flexibility index (Phi) is 10.7. The van der Waals surface area contributed by atoms with Crippen molar-refractivity contribution >= 4 is 29.3 Å². The SMILES string of the molecule is NC(=O)C(c1ccccc1)c1ccc(-c2ccc(CC(=O)N3CCC(CN4CCN(c5ccc(C6CCC(=O)NC6=O)cc5)CC4)CC3)cc2)cn1. The van der Waals surface area contributed by atoms with Gasteiger partial charge >= 0.3 is 0 Å². The molecule has 0 bridgehead atoms. The summed E-state index contributed by atoms with van der Waals surface area (Å²) in [5.41, 5.74) is 12.2. The summed E-state index contributed by atoms with van der Waals surface area (Å²) in [5, 5.41) is 2.45. The molecule has 0 saturated carbocycles. The van der Waals surface area contributed by atoms with Gasteiger partial charge < -0.3 is 15.5 Å². The van der Waals surface area contributed by atoms with Crippen molar-refractivity contribution in [2.24, 2.45) is 11.7 Å². The number of amides is 4. The summed E-state index contributed by atoms with van der Waals surface area (Å²) in [5.74, 6) is -0.906. The van der Waals surface area contributed by atoms with Crippen LogP contribution in [0.2, 0.25) is 0 Å². The number of aromatic nitrogens is 1. The molecule has 3 N–H and O–H groups in total. The lowest BCUT2D eigenvalue weighted by molar-refractivity contribution is -0.134. The number of primary amides is 1. The molecule has 4 aromatic rings. The number of rotatable bonds is 10. The Balaban J connectivity index is 0.839. The smallest absolute Gasteiger partial charge is 0.234 e. The first kappa shape index (κ1) is 35.1. The predicted octanol–water partition coefficient (Wildman–Crippen LogP) is 4.49. The van der Waals surface area contributed by atoms with E-state index in [2.05, 4.69) is 32.2 Å². The summed E-state index contributed by atoms with van der Waals surface area (Å²) < 4.78 is 0. The second-order valence-electron chi connectivity index (χ2n) is 14.3. The Labute approximate surface area is 305 Å². The molecule has 7 rings (SSSR count). The highest BCUT2D eigenvalue weighted by atomic mass is 16.2. The number of nitrogens with two attached hydrogens (primary N) is 1. The molecule has 3 aromatic carbocycles. The molecule has 0 spiro atoms. The summed E-state index contributed by atoms with van der Waals surface area (Å²) >= 11 is 0. The summed E-state index contributed by atoms with van der Waals surface area (Å²) in [6, 6.07) is 29.6. The Morgan fingerprint density at radius 1 is 0.788 bits per heavy atom. The number of hydrogen-bond acceptors (Lipinski definition) is 7. The van der Waals surface area contributed by atoms with Crippen molar-refractivity contribution in [2.75, 3.05) is 50.7 Å². The van der Waals surface area contributed by atoms with E-state index < -0.39 is 11.8 Å². The number of imide groups is 1. The maximum atomic E-state index is 13.2. The Bertz CT molecular complexity index is 1860. The number of piperidine rings is 2. The van der Waals surface area contributed by atoms with Crippen LogP contribution in [0, 0.1) is 5.92 Å². The van der Waals surface area contributed by atoms with Gasteiger partial charge in [-0.15, -0.1) is 0 Å². The molecule has 3 fully saturated rings. The molecule has 268 valence electrons. The van der Waals surface area contributed by atoms with E-state index in [-0.39, 0.29) is 23.6 Å². The minimum atomic E-state index is -0.601. The van der Waals surface area contributed by atoms with Gasteiger partial charge in [0, 0.05) is 69.7 Å². The largest absolute Gasteiger partial charge is 0.369 e. The zero-order valence-electron chi connectivity index (χ0n) is 29.5. The van der Waals surface area contributed by atoms with Crippen LogP contribution in [0.5, 0.6) is 0 Å². The molecule has 10 nitrogen and oxygen atoms in total. The van der Waals surface area contributed by atoms with Gasteiger partial charge in [0.2, 0.25) is 23.6 Å². The maximum absolute atomic E-state index is 13.2. The number of piperazine rings is 1. The van der Waals surface area contributed by atoms with Gasteiger partial charge in [0.05, 0.1) is 18.0 Å². The van der Waals surface area contributed by atoms with Crippen molar-refractivity contribution in [3.63, 3.8) is 0 Å². The minimum Gasteiger partial charge on any atom is -0.369 e. The molecule has 0 radical (unpaired) electrons.